The van der Waals surface area contributed by atoms with Gasteiger partial charge in [-0.25, -0.2) is 4.98 Å². The summed E-state index contributed by atoms with van der Waals surface area (Å²) in [5.74, 6) is 0.948. The molecule has 0 atom stereocenters. The van der Waals surface area contributed by atoms with Crippen LogP contribution in [-0.2, 0) is 10.8 Å². The number of hydrogen-bond donors (Lipinski definition) is 1. The summed E-state index contributed by atoms with van der Waals surface area (Å²) in [6.45, 7) is 19.4. The molecule has 3 heterocycles. The number of pyridine rings is 2. The third kappa shape index (κ3) is 6.22. The molecule has 0 bridgehead atoms. The van der Waals surface area contributed by atoms with E-state index in [0.29, 0.717) is 11.4 Å². The Morgan fingerprint density at radius 2 is 1.27 bits per heavy atom. The van der Waals surface area contributed by atoms with Gasteiger partial charge in [0, 0.05) is 29.1 Å². The van der Waals surface area contributed by atoms with Crippen molar-refractivity contribution in [1.82, 2.24) is 19.5 Å². The lowest BCUT2D eigenvalue weighted by Crippen LogP contribution is -2.17. The van der Waals surface area contributed by atoms with E-state index in [-0.39, 0.29) is 16.6 Å². The maximum Gasteiger partial charge on any atom is 0.149 e. The van der Waals surface area contributed by atoms with Gasteiger partial charge in [-0.1, -0.05) is 114 Å². The van der Waals surface area contributed by atoms with E-state index in [0.717, 1.165) is 72.6 Å². The number of benzene rings is 4. The first-order valence-electron chi connectivity index (χ1n) is 17.7. The highest BCUT2D eigenvalue weighted by atomic mass is 16.3. The number of phenols is 1. The van der Waals surface area contributed by atoms with Gasteiger partial charge in [0.15, 0.2) is 0 Å². The molecule has 0 aliphatic carbocycles. The number of fused-ring (bicyclic) bond motifs is 1. The fourth-order valence-corrected chi connectivity index (χ4v) is 7.03. The van der Waals surface area contributed by atoms with Crippen molar-refractivity contribution in [1.29, 1.82) is 0 Å². The molecule has 3 aromatic heterocycles. The normalized spacial score (nSPS) is 12.1. The first kappa shape index (κ1) is 33.9. The second-order valence-electron chi connectivity index (χ2n) is 15.8. The molecule has 0 fully saturated rings. The fraction of sp³-hybridized carbons (Fsp3) is 0.239. The summed E-state index contributed by atoms with van der Waals surface area (Å²) in [7, 11) is 0. The third-order valence-corrected chi connectivity index (χ3v) is 9.88. The molecule has 0 radical (unpaired) electrons. The number of imidazole rings is 1. The van der Waals surface area contributed by atoms with E-state index in [4.69, 9.17) is 15.0 Å². The van der Waals surface area contributed by atoms with Crippen molar-refractivity contribution in [3.63, 3.8) is 0 Å². The molecule has 0 saturated carbocycles. The number of para-hydroxylation sites is 1. The fourth-order valence-electron chi connectivity index (χ4n) is 7.03. The van der Waals surface area contributed by atoms with Crippen molar-refractivity contribution < 1.29 is 5.11 Å². The molecule has 0 unspecified atom stereocenters. The maximum atomic E-state index is 12.1. The lowest BCUT2D eigenvalue weighted by Gasteiger charge is -2.27. The monoisotopic (exact) mass is 670 g/mol. The van der Waals surface area contributed by atoms with Gasteiger partial charge in [-0.15, -0.1) is 0 Å². The molecule has 51 heavy (non-hydrogen) atoms. The second kappa shape index (κ2) is 12.6. The van der Waals surface area contributed by atoms with Gasteiger partial charge in [-0.2, -0.15) is 0 Å². The Bertz CT molecular complexity index is 2400. The Morgan fingerprint density at radius 1 is 0.608 bits per heavy atom. The quantitative estimate of drug-likeness (QED) is 0.198. The van der Waals surface area contributed by atoms with E-state index in [1.807, 2.05) is 24.5 Å². The van der Waals surface area contributed by atoms with Crippen LogP contribution in [-0.4, -0.2) is 24.6 Å². The van der Waals surface area contributed by atoms with Gasteiger partial charge in [0.25, 0.3) is 0 Å². The van der Waals surface area contributed by atoms with Crippen LogP contribution in [0, 0.1) is 20.8 Å². The number of nitrogens with zero attached hydrogens (tertiary/aromatic N) is 4. The molecule has 7 aromatic rings. The molecular formula is C46H46N4O. The van der Waals surface area contributed by atoms with Gasteiger partial charge in [0.1, 0.15) is 17.1 Å². The van der Waals surface area contributed by atoms with Crippen LogP contribution in [0.3, 0.4) is 0 Å². The summed E-state index contributed by atoms with van der Waals surface area (Å²) in [4.78, 5) is 15.2. The zero-order chi connectivity index (χ0) is 36.2. The molecule has 4 aromatic carbocycles. The molecule has 0 saturated heterocycles. The average Bonchev–Trinajstić information content (AvgIpc) is 3.47. The summed E-state index contributed by atoms with van der Waals surface area (Å²) in [5.41, 5.74) is 14.4. The molecule has 0 aliphatic heterocycles. The van der Waals surface area contributed by atoms with Crippen LogP contribution in [0.5, 0.6) is 5.75 Å². The number of phenolic OH excluding ortho intramolecular Hbond substituents is 1. The number of aromatic nitrogens is 4. The van der Waals surface area contributed by atoms with E-state index in [2.05, 4.69) is 152 Å². The molecular weight excluding hydrogens is 625 g/mol. The molecule has 0 aliphatic rings. The van der Waals surface area contributed by atoms with Crippen LogP contribution in [0.25, 0.3) is 61.8 Å². The minimum absolute atomic E-state index is 0.143. The predicted molar refractivity (Wildman–Crippen MR) is 212 cm³/mol. The van der Waals surface area contributed by atoms with Crippen molar-refractivity contribution in [2.24, 2.45) is 0 Å². The standard InChI is InChI=1S/C46H46N4O/c1-28-15-13-16-29(2)42(28)50-39-21-22-47-40(41(39)49-44(50)36-24-34(45(4,5)6)25-37(43(36)51)46(7,8)9)33-20-14-19-32(23-33)38-26-35(30(3)27-48-38)31-17-11-10-12-18-31/h10-27,51H,1-9H3. The highest BCUT2D eigenvalue weighted by molar-refractivity contribution is 5.95. The first-order valence-corrected chi connectivity index (χ1v) is 17.7. The summed E-state index contributed by atoms with van der Waals surface area (Å²) in [5, 5.41) is 12.1. The summed E-state index contributed by atoms with van der Waals surface area (Å²) < 4.78 is 2.22. The SMILES string of the molecule is Cc1cnc(-c2cccc(-c3nccc4c3nc(-c3cc(C(C)(C)C)cc(C(C)(C)C)c3O)n4-c3c(C)cccc3C)c2)cc1-c1ccccc1. The van der Waals surface area contributed by atoms with Crippen molar-refractivity contribution in [3.8, 4) is 56.5 Å². The Hall–Kier alpha value is -5.55. The molecule has 7 rings (SSSR count). The molecule has 0 spiro atoms. The van der Waals surface area contributed by atoms with Gasteiger partial charge in [0.05, 0.1) is 28.2 Å². The summed E-state index contributed by atoms with van der Waals surface area (Å²) in [6, 6.07) is 33.7. The van der Waals surface area contributed by atoms with Gasteiger partial charge < -0.3 is 5.11 Å². The van der Waals surface area contributed by atoms with Crippen LogP contribution in [0.4, 0.5) is 0 Å². The van der Waals surface area contributed by atoms with Crippen molar-refractivity contribution in [2.45, 2.75) is 73.1 Å². The Kier molecular flexibility index (Phi) is 8.41. The molecule has 5 heteroatoms. The van der Waals surface area contributed by atoms with Crippen LogP contribution in [0.2, 0.25) is 0 Å². The van der Waals surface area contributed by atoms with E-state index in [1.54, 1.807) is 0 Å². The summed E-state index contributed by atoms with van der Waals surface area (Å²) in [6.07, 6.45) is 3.81. The third-order valence-electron chi connectivity index (χ3n) is 9.88. The minimum atomic E-state index is -0.285. The van der Waals surface area contributed by atoms with Crippen LogP contribution >= 0.6 is 0 Å². The van der Waals surface area contributed by atoms with Gasteiger partial charge >= 0.3 is 0 Å². The van der Waals surface area contributed by atoms with E-state index < -0.39 is 0 Å². The lowest BCUT2D eigenvalue weighted by molar-refractivity contribution is 0.446. The van der Waals surface area contributed by atoms with Crippen molar-refractivity contribution in [2.75, 3.05) is 0 Å². The Morgan fingerprint density at radius 3 is 1.96 bits per heavy atom. The average molecular weight is 671 g/mol. The zero-order valence-corrected chi connectivity index (χ0v) is 31.1. The molecule has 1 N–H and O–H groups in total. The van der Waals surface area contributed by atoms with E-state index in [9.17, 15) is 5.11 Å². The number of aromatic hydroxyl groups is 1. The van der Waals surface area contributed by atoms with Crippen molar-refractivity contribution >= 4 is 11.0 Å². The predicted octanol–water partition coefficient (Wildman–Crippen LogP) is 11.7. The molecule has 256 valence electrons. The van der Waals surface area contributed by atoms with Gasteiger partial charge in [-0.3, -0.25) is 14.5 Å². The highest BCUT2D eigenvalue weighted by Crippen LogP contribution is 2.44. The Balaban J connectivity index is 1.49. The largest absolute Gasteiger partial charge is 0.507 e. The number of aryl methyl sites for hydroxylation is 3. The number of hydrogen-bond acceptors (Lipinski definition) is 4. The minimum Gasteiger partial charge on any atom is -0.507 e. The van der Waals surface area contributed by atoms with E-state index in [1.165, 1.54) is 5.56 Å². The Labute approximate surface area is 301 Å². The van der Waals surface area contributed by atoms with E-state index >= 15 is 0 Å². The zero-order valence-electron chi connectivity index (χ0n) is 31.1. The highest BCUT2D eigenvalue weighted by Gasteiger charge is 2.29. The molecule has 5 nitrogen and oxygen atoms in total. The molecule has 0 amide bonds. The van der Waals surface area contributed by atoms with Gasteiger partial charge in [0.2, 0.25) is 0 Å². The van der Waals surface area contributed by atoms with Crippen LogP contribution < -0.4 is 0 Å². The van der Waals surface area contributed by atoms with Crippen LogP contribution in [0.15, 0.2) is 109 Å². The van der Waals surface area contributed by atoms with Gasteiger partial charge in [-0.05, 0) is 89.2 Å². The number of rotatable bonds is 5. The smallest absolute Gasteiger partial charge is 0.149 e. The maximum absolute atomic E-state index is 12.1. The van der Waals surface area contributed by atoms with Crippen LogP contribution in [0.1, 0.15) is 69.4 Å². The van der Waals surface area contributed by atoms with Crippen molar-refractivity contribution in [3.05, 3.63) is 137 Å². The first-order chi connectivity index (χ1) is 24.2. The summed E-state index contributed by atoms with van der Waals surface area (Å²) >= 11 is 0. The second-order valence-corrected chi connectivity index (χ2v) is 15.8. The topological polar surface area (TPSA) is 63.8 Å². The lowest BCUT2D eigenvalue weighted by atomic mass is 9.79.